The summed E-state index contributed by atoms with van der Waals surface area (Å²) in [6.45, 7) is 9.58. The normalized spacial score (nSPS) is 11.6. The van der Waals surface area contributed by atoms with Gasteiger partial charge in [0.05, 0.1) is 4.90 Å². The molecule has 0 bridgehead atoms. The molecule has 100 valence electrons. The van der Waals surface area contributed by atoms with E-state index in [0.717, 1.165) is 5.56 Å². The van der Waals surface area contributed by atoms with Gasteiger partial charge in [-0.15, -0.1) is 0 Å². The van der Waals surface area contributed by atoms with Gasteiger partial charge in [-0.2, -0.15) is 0 Å². The SMILES string of the molecule is C=CCOc1cc(C(C)C)c(S(N)(=O)=O)cc1C. The van der Waals surface area contributed by atoms with Crippen molar-refractivity contribution in [2.45, 2.75) is 31.6 Å². The van der Waals surface area contributed by atoms with Crippen LogP contribution in [0.4, 0.5) is 0 Å². The lowest BCUT2D eigenvalue weighted by molar-refractivity contribution is 0.359. The van der Waals surface area contributed by atoms with Gasteiger partial charge in [0.25, 0.3) is 0 Å². The second kappa shape index (κ2) is 5.54. The van der Waals surface area contributed by atoms with Crippen LogP contribution < -0.4 is 9.88 Å². The molecule has 2 N–H and O–H groups in total. The lowest BCUT2D eigenvalue weighted by Crippen LogP contribution is -2.16. The van der Waals surface area contributed by atoms with E-state index in [1.54, 1.807) is 25.1 Å². The molecule has 1 aromatic carbocycles. The van der Waals surface area contributed by atoms with Gasteiger partial charge in [-0.05, 0) is 36.1 Å². The average molecular weight is 269 g/mol. The van der Waals surface area contributed by atoms with Crippen molar-refractivity contribution in [2.24, 2.45) is 5.14 Å². The van der Waals surface area contributed by atoms with E-state index < -0.39 is 10.0 Å². The van der Waals surface area contributed by atoms with Crippen LogP contribution in [-0.2, 0) is 10.0 Å². The standard InChI is InChI=1S/C13H19NO3S/c1-5-6-17-12-8-11(9(2)3)13(7-10(12)4)18(14,15)16/h5,7-9H,1,6H2,2-4H3,(H2,14,15,16). The summed E-state index contributed by atoms with van der Waals surface area (Å²) in [6, 6.07) is 3.30. The minimum atomic E-state index is -3.71. The van der Waals surface area contributed by atoms with Crippen LogP contribution in [0.5, 0.6) is 5.75 Å². The molecular formula is C13H19NO3S. The van der Waals surface area contributed by atoms with Gasteiger partial charge in [0.2, 0.25) is 10.0 Å². The largest absolute Gasteiger partial charge is 0.489 e. The Morgan fingerprint density at radius 3 is 2.50 bits per heavy atom. The zero-order valence-corrected chi connectivity index (χ0v) is 11.8. The predicted octanol–water partition coefficient (Wildman–Crippen LogP) is 2.33. The minimum Gasteiger partial charge on any atom is -0.489 e. The van der Waals surface area contributed by atoms with E-state index in [-0.39, 0.29) is 10.8 Å². The number of primary sulfonamides is 1. The zero-order valence-electron chi connectivity index (χ0n) is 10.9. The molecule has 0 atom stereocenters. The fraction of sp³-hybridized carbons (Fsp3) is 0.385. The van der Waals surface area contributed by atoms with Gasteiger partial charge < -0.3 is 4.74 Å². The Hall–Kier alpha value is -1.33. The Kier molecular flexibility index (Phi) is 4.53. The van der Waals surface area contributed by atoms with Gasteiger partial charge in [-0.1, -0.05) is 26.5 Å². The highest BCUT2D eigenvalue weighted by molar-refractivity contribution is 7.89. The van der Waals surface area contributed by atoms with Crippen molar-refractivity contribution >= 4 is 10.0 Å². The topological polar surface area (TPSA) is 69.4 Å². The van der Waals surface area contributed by atoms with Crippen LogP contribution in [-0.4, -0.2) is 15.0 Å². The maximum atomic E-state index is 11.6. The summed E-state index contributed by atoms with van der Waals surface area (Å²) in [5.74, 6) is 0.705. The van der Waals surface area contributed by atoms with Gasteiger partial charge in [0.15, 0.2) is 0 Å². The Morgan fingerprint density at radius 1 is 1.44 bits per heavy atom. The van der Waals surface area contributed by atoms with Crippen molar-refractivity contribution in [2.75, 3.05) is 6.61 Å². The summed E-state index contributed by atoms with van der Waals surface area (Å²) < 4.78 is 28.6. The minimum absolute atomic E-state index is 0.0463. The lowest BCUT2D eigenvalue weighted by atomic mass is 10.0. The highest BCUT2D eigenvalue weighted by Crippen LogP contribution is 2.30. The molecule has 0 saturated carbocycles. The molecule has 0 aromatic heterocycles. The molecule has 0 unspecified atom stereocenters. The molecule has 0 heterocycles. The highest BCUT2D eigenvalue weighted by Gasteiger charge is 2.18. The first kappa shape index (κ1) is 14.7. The third-order valence-electron chi connectivity index (χ3n) is 2.59. The molecule has 5 heteroatoms. The van der Waals surface area contributed by atoms with Gasteiger partial charge >= 0.3 is 0 Å². The van der Waals surface area contributed by atoms with Crippen molar-refractivity contribution in [1.29, 1.82) is 0 Å². The summed E-state index contributed by atoms with van der Waals surface area (Å²) >= 11 is 0. The van der Waals surface area contributed by atoms with Crippen molar-refractivity contribution in [3.63, 3.8) is 0 Å². The number of aryl methyl sites for hydroxylation is 1. The van der Waals surface area contributed by atoms with E-state index in [4.69, 9.17) is 9.88 Å². The number of rotatable bonds is 5. The fourth-order valence-corrected chi connectivity index (χ4v) is 2.64. The van der Waals surface area contributed by atoms with E-state index in [1.165, 1.54) is 0 Å². The van der Waals surface area contributed by atoms with Crippen LogP contribution in [0.1, 0.15) is 30.9 Å². The molecule has 0 fully saturated rings. The maximum absolute atomic E-state index is 11.6. The molecule has 0 amide bonds. The Morgan fingerprint density at radius 2 is 2.06 bits per heavy atom. The Labute approximate surface area is 109 Å². The molecule has 4 nitrogen and oxygen atoms in total. The number of nitrogens with two attached hydrogens (primary N) is 1. The van der Waals surface area contributed by atoms with Crippen LogP contribution in [0.3, 0.4) is 0 Å². The number of hydrogen-bond donors (Lipinski definition) is 1. The van der Waals surface area contributed by atoms with Crippen molar-refractivity contribution < 1.29 is 13.2 Å². The van der Waals surface area contributed by atoms with Crippen molar-refractivity contribution in [3.8, 4) is 5.75 Å². The Balaban J connectivity index is 3.39. The van der Waals surface area contributed by atoms with E-state index >= 15 is 0 Å². The molecule has 0 spiro atoms. The third kappa shape index (κ3) is 3.34. The van der Waals surface area contributed by atoms with E-state index in [0.29, 0.717) is 17.9 Å². The summed E-state index contributed by atoms with van der Waals surface area (Å²) in [5.41, 5.74) is 1.41. The number of ether oxygens (including phenoxy) is 1. The fourth-order valence-electron chi connectivity index (χ4n) is 1.68. The second-order valence-corrected chi connectivity index (χ2v) is 5.98. The molecule has 0 saturated heterocycles. The monoisotopic (exact) mass is 269 g/mol. The van der Waals surface area contributed by atoms with Crippen molar-refractivity contribution in [3.05, 3.63) is 35.9 Å². The highest BCUT2D eigenvalue weighted by atomic mass is 32.2. The van der Waals surface area contributed by atoms with E-state index in [2.05, 4.69) is 6.58 Å². The first-order chi connectivity index (χ1) is 8.27. The van der Waals surface area contributed by atoms with Crippen LogP contribution in [0.2, 0.25) is 0 Å². The van der Waals surface area contributed by atoms with Gasteiger partial charge in [0, 0.05) is 0 Å². The van der Waals surface area contributed by atoms with Crippen LogP contribution >= 0.6 is 0 Å². The number of hydrogen-bond acceptors (Lipinski definition) is 3. The second-order valence-electron chi connectivity index (χ2n) is 4.45. The maximum Gasteiger partial charge on any atom is 0.238 e. The summed E-state index contributed by atoms with van der Waals surface area (Å²) in [5, 5.41) is 5.23. The third-order valence-corrected chi connectivity index (χ3v) is 3.56. The number of benzene rings is 1. The first-order valence-electron chi connectivity index (χ1n) is 5.68. The lowest BCUT2D eigenvalue weighted by Gasteiger charge is -2.15. The quantitative estimate of drug-likeness (QED) is 0.834. The van der Waals surface area contributed by atoms with Crippen molar-refractivity contribution in [1.82, 2.24) is 0 Å². The van der Waals surface area contributed by atoms with E-state index in [1.807, 2.05) is 13.8 Å². The van der Waals surface area contributed by atoms with Gasteiger partial charge in [0.1, 0.15) is 12.4 Å². The first-order valence-corrected chi connectivity index (χ1v) is 7.23. The molecule has 0 aliphatic heterocycles. The molecule has 0 aliphatic rings. The molecular weight excluding hydrogens is 250 g/mol. The number of sulfonamides is 1. The average Bonchev–Trinajstić information content (AvgIpc) is 2.25. The summed E-state index contributed by atoms with van der Waals surface area (Å²) in [4.78, 5) is 0.168. The van der Waals surface area contributed by atoms with Crippen LogP contribution in [0, 0.1) is 6.92 Å². The molecule has 18 heavy (non-hydrogen) atoms. The predicted molar refractivity (Wildman–Crippen MR) is 72.3 cm³/mol. The smallest absolute Gasteiger partial charge is 0.238 e. The Bertz CT molecular complexity index is 548. The van der Waals surface area contributed by atoms with Crippen LogP contribution in [0.15, 0.2) is 29.7 Å². The van der Waals surface area contributed by atoms with Crippen LogP contribution in [0.25, 0.3) is 0 Å². The molecule has 1 aromatic rings. The van der Waals surface area contributed by atoms with Gasteiger partial charge in [-0.25, -0.2) is 13.6 Å². The molecule has 0 aliphatic carbocycles. The molecule has 1 rings (SSSR count). The summed E-state index contributed by atoms with van der Waals surface area (Å²) in [6.07, 6.45) is 1.64. The van der Waals surface area contributed by atoms with E-state index in [9.17, 15) is 8.42 Å². The summed E-state index contributed by atoms with van der Waals surface area (Å²) in [7, 11) is -3.71. The van der Waals surface area contributed by atoms with Gasteiger partial charge in [-0.3, -0.25) is 0 Å². The zero-order chi connectivity index (χ0) is 13.9. The molecule has 0 radical (unpaired) electrons.